The Morgan fingerprint density at radius 1 is 0.600 bits per heavy atom. The normalized spacial score (nSPS) is 14.1. The summed E-state index contributed by atoms with van der Waals surface area (Å²) in [7, 11) is 14.5. The number of halogens is 2. The lowest BCUT2D eigenvalue weighted by Gasteiger charge is -2.32. The van der Waals surface area contributed by atoms with Gasteiger partial charge in [-0.25, -0.2) is 34.6 Å². The number of carbonyl (C=O) groups is 3. The summed E-state index contributed by atoms with van der Waals surface area (Å²) in [6.45, 7) is 12.3. The summed E-state index contributed by atoms with van der Waals surface area (Å²) in [6.07, 6.45) is 11.6. The van der Waals surface area contributed by atoms with Crippen molar-refractivity contribution in [2.24, 2.45) is 5.84 Å². The average molecular weight is 1840 g/mol. The second-order valence-corrected chi connectivity index (χ2v) is 43.7. The number of carboxylic acid groups (broad SMARTS) is 1. The Hall–Kier alpha value is -9.25. The van der Waals surface area contributed by atoms with Gasteiger partial charge in [0.25, 0.3) is 17.0 Å². The highest BCUT2D eigenvalue weighted by Gasteiger charge is 2.32. The van der Waals surface area contributed by atoms with Gasteiger partial charge in [0.05, 0.1) is 112 Å². The first-order valence-electron chi connectivity index (χ1n) is 34.7. The van der Waals surface area contributed by atoms with Gasteiger partial charge in [0, 0.05) is 193 Å². The Morgan fingerprint density at radius 3 is 1.46 bits per heavy atom. The third kappa shape index (κ3) is 23.3. The Kier molecular flexibility index (Phi) is 32.3. The maximum Gasteiger partial charge on any atom is 0.338 e. The Balaban J connectivity index is 0.000000167. The first-order chi connectivity index (χ1) is 56.9. The van der Waals surface area contributed by atoms with E-state index in [1.54, 1.807) is 168 Å². The van der Waals surface area contributed by atoms with Crippen LogP contribution < -0.4 is 33.0 Å². The number of nitrogens with two attached hydrogens (primary N) is 1. The number of amides is 1. The minimum atomic E-state index is -1.32. The summed E-state index contributed by atoms with van der Waals surface area (Å²) in [5, 5.41) is 56.6. The highest BCUT2D eigenvalue weighted by atomic mass is 33.4. The van der Waals surface area contributed by atoms with Crippen LogP contribution in [-0.2, 0) is 135 Å². The molecule has 13 heterocycles. The summed E-state index contributed by atoms with van der Waals surface area (Å²) in [6, 6.07) is 23.3. The molecule has 1 amide bonds. The number of fused-ring (bicyclic) bond motifs is 5. The van der Waals surface area contributed by atoms with Crippen molar-refractivity contribution in [3.63, 3.8) is 0 Å². The molecule has 0 fully saturated rings. The Labute approximate surface area is 708 Å². The molecule has 3 atom stereocenters. The van der Waals surface area contributed by atoms with Gasteiger partial charge in [-0.1, -0.05) is 48.5 Å². The van der Waals surface area contributed by atoms with Crippen molar-refractivity contribution in [2.75, 3.05) is 25.1 Å². The molecular weight excluding hydrogens is 1770 g/mol. The molecule has 47 heteroatoms. The van der Waals surface area contributed by atoms with Crippen LogP contribution in [0.5, 0.6) is 0 Å². The van der Waals surface area contributed by atoms with Gasteiger partial charge in [-0.05, 0) is 75.2 Å². The standard InChI is InChI=1S/C25H20FN7O2S.C16H11FN2O3.2C9H11N5S.C5H8N4.C4H3NOS.S11.2H2/c1-14-11-32(12-22-29-30-23(33(14)22)21-10-27-13-36-21)25(35)18-8-15(6-7-19(18)26)9-20-16-4-2-3-5-17(16)24(34)31-28-20;17-13-6-5-9(7-12(13)16(21)22)8-14-10-3-1-2-4-11(10)15(20)19-18-14;2*1-6-2-10-4-8-12-13-9(14(6)8)7-3-11-5-15-7;1-4-2-7-3-5(8-4)9-6;6-2-4-1-5-3-7-4;1-3-5-7-9-11-10-8-6-4-2;;/h2-8,10,13-14H,9,11-12H2,1H3,(H,31,34);1-7H,8H2,(H,19,20)(H,21,22);2*3,5-6,10H,2,4H2,1H3;2-3H,6H2,1H3,(H,8,9);1-3H;;2*1H/i;;;;;;;1+1D;. The number of hydrazine groups is 1. The first kappa shape index (κ1) is 85.1. The number of nitrogens with one attached hydrogen (secondary N) is 5. The van der Waals surface area contributed by atoms with Gasteiger partial charge in [-0.15, -0.1) is 75.9 Å². The minimum absolute atomic E-state index is 0. The average Bonchev–Trinajstić information content (AvgIpc) is 1.64. The topological polar surface area (TPSA) is 398 Å². The first-order valence-corrected chi connectivity index (χ1v) is 50.6. The molecule has 0 aliphatic carbocycles. The molecule has 4 aromatic carbocycles. The van der Waals surface area contributed by atoms with Crippen LogP contribution in [0.1, 0.15) is 119 Å². The van der Waals surface area contributed by atoms with Gasteiger partial charge >= 0.3 is 5.97 Å². The zero-order chi connectivity index (χ0) is 83.2. The third-order valence-electron chi connectivity index (χ3n) is 16.6. The molecule has 3 aliphatic heterocycles. The third-order valence-corrected chi connectivity index (χ3v) is 37.4. The molecular formula is C68H68F2N24O6S15. The number of carbonyl (C=O) groups excluding carboxylic acids is 2. The van der Waals surface area contributed by atoms with Crippen molar-refractivity contribution in [2.45, 2.75) is 78.3 Å². The Morgan fingerprint density at radius 2 is 1.04 bits per heavy atom. The fourth-order valence-corrected chi connectivity index (χ4v) is 33.1. The largest absolute Gasteiger partial charge is 0.478 e. The lowest BCUT2D eigenvalue weighted by Crippen LogP contribution is -2.40. The molecule has 17 rings (SSSR count). The van der Waals surface area contributed by atoms with Gasteiger partial charge in [0.2, 0.25) is 0 Å². The van der Waals surface area contributed by atoms with E-state index in [4.69, 9.17) is 13.9 Å². The number of anilines is 1. The summed E-state index contributed by atoms with van der Waals surface area (Å²) < 4.78 is 44.7. The molecule has 14 aromatic rings. The predicted molar refractivity (Wildman–Crippen MR) is 473 cm³/mol. The number of hydrogen-bond acceptors (Lipinski definition) is 29. The monoisotopic (exact) mass is 1840 g/mol. The van der Waals surface area contributed by atoms with E-state index in [1.807, 2.05) is 54.0 Å². The number of aryl methyl sites for hydroxylation is 1. The van der Waals surface area contributed by atoms with Gasteiger partial charge in [-0.3, -0.25) is 44.1 Å². The molecule has 3 unspecified atom stereocenters. The van der Waals surface area contributed by atoms with Crippen LogP contribution in [0.3, 0.4) is 0 Å². The number of nitrogen functional groups attached to an aromatic ring is 1. The van der Waals surface area contributed by atoms with Gasteiger partial charge < -0.3 is 39.8 Å². The highest BCUT2D eigenvalue weighted by Crippen LogP contribution is 2.32. The number of benzene rings is 4. The SMILES string of the molecule is CC1CN(C(=O)c2cc(Cc3n[nH]c(=O)c4ccccc34)ccc2F)Cc2nnc(-c3cncs3)n21.CC1CNCc2nnc(-c3cncs3)n21.CC1CNCc2nnc(-c3cncs3)n21.Cc1cncc(NN)n1.O=C(O)c1cc(Cc2n[nH]c(=O)c3ccccc23)ccc1F.O=Cc1cncs1.S=S=S=S=S=S=S=S=S=S=S.[2H][2H].[HH]. The maximum absolute atomic E-state index is 14.9. The van der Waals surface area contributed by atoms with E-state index in [1.165, 1.54) is 64.8 Å². The van der Waals surface area contributed by atoms with Crippen LogP contribution in [0.15, 0.2) is 154 Å². The molecule has 3 aliphatic rings. The lowest BCUT2D eigenvalue weighted by molar-refractivity contribution is 0.0673. The molecule has 0 radical (unpaired) electrons. The molecule has 0 spiro atoms. The maximum atomic E-state index is 14.9. The zero-order valence-electron chi connectivity index (χ0n) is 62.3. The number of aldehydes is 1. The smallest absolute Gasteiger partial charge is 0.338 e. The van der Waals surface area contributed by atoms with Crippen molar-refractivity contribution in [3.05, 3.63) is 238 Å². The van der Waals surface area contributed by atoms with Gasteiger partial charge in [0.1, 0.15) is 23.3 Å². The summed E-state index contributed by atoms with van der Waals surface area (Å²) >= 11 is 15.4. The summed E-state index contributed by atoms with van der Waals surface area (Å²) in [5.74, 6) is 7.84. The molecule has 30 nitrogen and oxygen atoms in total. The van der Waals surface area contributed by atoms with Crippen LogP contribution in [0.25, 0.3) is 53.6 Å². The van der Waals surface area contributed by atoms with E-state index < -0.39 is 23.5 Å². The van der Waals surface area contributed by atoms with Crippen LogP contribution in [0, 0.1) is 18.6 Å². The molecule has 8 N–H and O–H groups in total. The van der Waals surface area contributed by atoms with Crippen molar-refractivity contribution in [1.29, 1.82) is 0 Å². The fraction of sp³-hybridized carbons (Fsp3) is 0.221. The predicted octanol–water partition coefficient (Wildman–Crippen LogP) is 9.56. The quantitative estimate of drug-likeness (QED) is 0.0360. The number of carboxylic acids is 1. The number of aromatic amines is 2. The number of thiazole rings is 4. The number of rotatable bonds is 11. The molecule has 0 bridgehead atoms. The van der Waals surface area contributed by atoms with Gasteiger partial charge in [0.15, 0.2) is 35.4 Å². The number of aromatic carboxylic acids is 1. The summed E-state index contributed by atoms with van der Waals surface area (Å²) in [5.41, 5.74) is 11.9. The highest BCUT2D eigenvalue weighted by molar-refractivity contribution is 8.74. The number of hydrogen-bond donors (Lipinski definition) is 7. The minimum Gasteiger partial charge on any atom is -0.478 e. The van der Waals surface area contributed by atoms with Crippen LogP contribution >= 0.6 is 45.3 Å². The molecule has 10 aromatic heterocycles. The second-order valence-electron chi connectivity index (χ2n) is 24.2. The zero-order valence-corrected chi connectivity index (χ0v) is 72.6. The second kappa shape index (κ2) is 43.6. The summed E-state index contributed by atoms with van der Waals surface area (Å²) in [4.78, 5) is 87.2. The van der Waals surface area contributed by atoms with E-state index in [9.17, 15) is 32.8 Å². The molecule has 0 saturated heterocycles. The van der Waals surface area contributed by atoms with Crippen LogP contribution in [0.4, 0.5) is 14.6 Å². The molecule has 0 saturated carbocycles. The van der Waals surface area contributed by atoms with E-state index in [0.29, 0.717) is 80.2 Å². The van der Waals surface area contributed by atoms with Gasteiger partial charge in [-0.2, -0.15) is 10.2 Å². The van der Waals surface area contributed by atoms with E-state index in [0.717, 1.165) is 93.4 Å². The fourth-order valence-electron chi connectivity index (χ4n) is 11.7. The van der Waals surface area contributed by atoms with Crippen LogP contribution in [-0.4, -0.2) is 142 Å². The molecule has 600 valence electrons. The van der Waals surface area contributed by atoms with Crippen molar-refractivity contribution in [1.82, 2.24) is 110 Å². The van der Waals surface area contributed by atoms with Crippen molar-refractivity contribution in [3.8, 4) is 32.1 Å². The Bertz CT molecular complexity index is 6170. The number of aromatic nitrogens is 19. The van der Waals surface area contributed by atoms with E-state index in [-0.39, 0.29) is 42.7 Å². The van der Waals surface area contributed by atoms with Crippen molar-refractivity contribution < 1.29 is 32.7 Å². The number of nitrogens with zero attached hydrogens (tertiary/aromatic N) is 18. The van der Waals surface area contributed by atoms with Crippen LogP contribution in [0.2, 0.25) is 0 Å². The van der Waals surface area contributed by atoms with Crippen molar-refractivity contribution >= 4 is 193 Å². The van der Waals surface area contributed by atoms with E-state index >= 15 is 0 Å². The number of H-pyrrole nitrogens is 2. The van der Waals surface area contributed by atoms with E-state index in [2.05, 4.69) is 142 Å². The lowest BCUT2D eigenvalue weighted by atomic mass is 10.0. The molecule has 115 heavy (non-hydrogen) atoms.